The molecular weight excluding hydrogens is 230 g/mol. The van der Waals surface area contributed by atoms with Gasteiger partial charge in [-0.05, 0) is 12.1 Å². The quantitative estimate of drug-likeness (QED) is 0.867. The summed E-state index contributed by atoms with van der Waals surface area (Å²) in [5.41, 5.74) is 0.496. The smallest absolute Gasteiger partial charge is 0.259 e. The minimum atomic E-state index is -0.217. The normalized spacial score (nSPS) is 10.0. The van der Waals surface area contributed by atoms with Gasteiger partial charge >= 0.3 is 0 Å². The summed E-state index contributed by atoms with van der Waals surface area (Å²) in [5, 5.41) is 9.54. The molecule has 0 unspecified atom stereocenters. The van der Waals surface area contributed by atoms with E-state index in [9.17, 15) is 4.79 Å². The summed E-state index contributed by atoms with van der Waals surface area (Å²) in [6, 6.07) is 5.03. The minimum Gasteiger partial charge on any atom is -0.483 e. The lowest BCUT2D eigenvalue weighted by Crippen LogP contribution is -2.27. The molecule has 0 heterocycles. The lowest BCUT2D eigenvalue weighted by Gasteiger charge is -2.13. The number of aliphatic hydroxyl groups excluding tert-OH is 1. The van der Waals surface area contributed by atoms with Crippen LogP contribution in [0.3, 0.4) is 0 Å². The summed E-state index contributed by atoms with van der Waals surface area (Å²) in [5.74, 6) is 0.286. The first-order valence-corrected chi connectivity index (χ1v) is 5.15. The maximum atomic E-state index is 11.3. The van der Waals surface area contributed by atoms with Crippen LogP contribution in [0.1, 0.15) is 5.56 Å². The van der Waals surface area contributed by atoms with E-state index in [2.05, 4.69) is 0 Å². The molecule has 1 rings (SSSR count). The highest BCUT2D eigenvalue weighted by Crippen LogP contribution is 2.26. The standard InChI is InChI=1S/C11H14ClNO3/c1-13(2)11(15)7-16-10-5-3-4-9(12)8(10)6-14/h3-5,14H,6-7H2,1-2H3. The van der Waals surface area contributed by atoms with Crippen LogP contribution in [0.25, 0.3) is 0 Å². The Labute approximate surface area is 99.4 Å². The Morgan fingerprint density at radius 2 is 2.19 bits per heavy atom. The average Bonchev–Trinajstić information content (AvgIpc) is 2.25. The van der Waals surface area contributed by atoms with Crippen LogP contribution < -0.4 is 4.74 Å². The number of ether oxygens (including phenoxy) is 1. The van der Waals surface area contributed by atoms with Crippen molar-refractivity contribution in [2.24, 2.45) is 0 Å². The van der Waals surface area contributed by atoms with Crippen LogP contribution >= 0.6 is 11.6 Å². The lowest BCUT2D eigenvalue weighted by molar-refractivity contribution is -0.130. The van der Waals surface area contributed by atoms with Gasteiger partial charge < -0.3 is 14.7 Å². The van der Waals surface area contributed by atoms with Gasteiger partial charge in [0.15, 0.2) is 6.61 Å². The van der Waals surface area contributed by atoms with Crippen LogP contribution in [0.15, 0.2) is 18.2 Å². The fourth-order valence-corrected chi connectivity index (χ4v) is 1.32. The van der Waals surface area contributed by atoms with E-state index in [1.54, 1.807) is 32.3 Å². The van der Waals surface area contributed by atoms with Crippen LogP contribution in [0.4, 0.5) is 0 Å². The summed E-state index contributed by atoms with van der Waals surface area (Å²) in [6.45, 7) is -0.286. The number of rotatable bonds is 4. The molecule has 16 heavy (non-hydrogen) atoms. The van der Waals surface area contributed by atoms with Crippen LogP contribution in [0.2, 0.25) is 5.02 Å². The van der Waals surface area contributed by atoms with Gasteiger partial charge in [0.05, 0.1) is 6.61 Å². The topological polar surface area (TPSA) is 49.8 Å². The Kier molecular flexibility index (Phi) is 4.58. The van der Waals surface area contributed by atoms with Gasteiger partial charge in [-0.1, -0.05) is 17.7 Å². The monoisotopic (exact) mass is 243 g/mol. The third-order valence-corrected chi connectivity index (χ3v) is 2.44. The van der Waals surface area contributed by atoms with Gasteiger partial charge in [0, 0.05) is 24.7 Å². The number of carbonyl (C=O) groups excluding carboxylic acids is 1. The van der Waals surface area contributed by atoms with Crippen molar-refractivity contribution in [2.45, 2.75) is 6.61 Å². The Hall–Kier alpha value is -1.26. The van der Waals surface area contributed by atoms with Crippen molar-refractivity contribution in [2.75, 3.05) is 20.7 Å². The Morgan fingerprint density at radius 3 is 2.75 bits per heavy atom. The zero-order valence-electron chi connectivity index (χ0n) is 9.24. The molecule has 0 saturated carbocycles. The molecule has 4 nitrogen and oxygen atoms in total. The van der Waals surface area contributed by atoms with Gasteiger partial charge in [0.1, 0.15) is 5.75 Å². The lowest BCUT2D eigenvalue weighted by atomic mass is 10.2. The number of nitrogens with zero attached hydrogens (tertiary/aromatic N) is 1. The number of amides is 1. The van der Waals surface area contributed by atoms with Crippen molar-refractivity contribution in [3.63, 3.8) is 0 Å². The Morgan fingerprint density at radius 1 is 1.50 bits per heavy atom. The zero-order valence-corrected chi connectivity index (χ0v) is 9.99. The highest BCUT2D eigenvalue weighted by atomic mass is 35.5. The first-order valence-electron chi connectivity index (χ1n) is 4.77. The van der Waals surface area contributed by atoms with E-state index in [4.69, 9.17) is 21.4 Å². The first-order chi connectivity index (χ1) is 7.56. The van der Waals surface area contributed by atoms with E-state index < -0.39 is 0 Å². The van der Waals surface area contributed by atoms with Crippen LogP contribution in [0.5, 0.6) is 5.75 Å². The SMILES string of the molecule is CN(C)C(=O)COc1cccc(Cl)c1CO. The molecular formula is C11H14ClNO3. The molecule has 1 aromatic carbocycles. The zero-order chi connectivity index (χ0) is 12.1. The van der Waals surface area contributed by atoms with Crippen molar-refractivity contribution in [3.8, 4) is 5.75 Å². The second-order valence-corrected chi connectivity index (χ2v) is 3.86. The number of hydrogen-bond donors (Lipinski definition) is 1. The van der Waals surface area contributed by atoms with Crippen molar-refractivity contribution >= 4 is 17.5 Å². The predicted octanol–water partition coefficient (Wildman–Crippen LogP) is 1.30. The molecule has 0 aliphatic heterocycles. The highest BCUT2D eigenvalue weighted by Gasteiger charge is 2.10. The van der Waals surface area contributed by atoms with Gasteiger partial charge in [-0.3, -0.25) is 4.79 Å². The molecule has 0 aliphatic carbocycles. The van der Waals surface area contributed by atoms with E-state index in [0.717, 1.165) is 0 Å². The predicted molar refractivity (Wildman–Crippen MR) is 61.6 cm³/mol. The first kappa shape index (κ1) is 12.8. The maximum Gasteiger partial charge on any atom is 0.259 e. The molecule has 5 heteroatoms. The van der Waals surface area contributed by atoms with E-state index >= 15 is 0 Å². The van der Waals surface area contributed by atoms with Crippen molar-refractivity contribution in [1.82, 2.24) is 4.90 Å². The molecule has 1 aromatic rings. The molecule has 1 amide bonds. The maximum absolute atomic E-state index is 11.3. The number of carbonyl (C=O) groups is 1. The fourth-order valence-electron chi connectivity index (χ4n) is 1.10. The van der Waals surface area contributed by atoms with Crippen molar-refractivity contribution in [3.05, 3.63) is 28.8 Å². The summed E-state index contributed by atoms with van der Waals surface area (Å²) >= 11 is 5.87. The van der Waals surface area contributed by atoms with Crippen LogP contribution in [0, 0.1) is 0 Å². The summed E-state index contributed by atoms with van der Waals surface area (Å²) in [4.78, 5) is 12.7. The van der Waals surface area contributed by atoms with Gasteiger partial charge in [-0.15, -0.1) is 0 Å². The number of likely N-dealkylation sites (N-methyl/N-ethyl adjacent to an activating group) is 1. The number of benzene rings is 1. The van der Waals surface area contributed by atoms with Crippen molar-refractivity contribution < 1.29 is 14.6 Å². The summed E-state index contributed by atoms with van der Waals surface area (Å²) < 4.78 is 5.30. The van der Waals surface area contributed by atoms with Gasteiger partial charge in [-0.2, -0.15) is 0 Å². The molecule has 0 radical (unpaired) electrons. The molecule has 0 fully saturated rings. The van der Waals surface area contributed by atoms with E-state index in [-0.39, 0.29) is 19.1 Å². The van der Waals surface area contributed by atoms with E-state index in [0.29, 0.717) is 16.3 Å². The fraction of sp³-hybridized carbons (Fsp3) is 0.364. The molecule has 0 bridgehead atoms. The molecule has 1 N–H and O–H groups in total. The highest BCUT2D eigenvalue weighted by molar-refractivity contribution is 6.31. The Bertz CT molecular complexity index is 379. The second kappa shape index (κ2) is 5.72. The third-order valence-electron chi connectivity index (χ3n) is 2.08. The van der Waals surface area contributed by atoms with Gasteiger partial charge in [0.2, 0.25) is 0 Å². The molecule has 88 valence electrons. The second-order valence-electron chi connectivity index (χ2n) is 3.45. The van der Waals surface area contributed by atoms with Gasteiger partial charge in [0.25, 0.3) is 5.91 Å². The number of halogens is 1. The average molecular weight is 244 g/mol. The van der Waals surface area contributed by atoms with E-state index in [1.807, 2.05) is 0 Å². The summed E-state index contributed by atoms with van der Waals surface area (Å²) in [6.07, 6.45) is 0. The third kappa shape index (κ3) is 3.12. The van der Waals surface area contributed by atoms with Gasteiger partial charge in [-0.25, -0.2) is 0 Å². The number of aliphatic hydroxyl groups is 1. The van der Waals surface area contributed by atoms with E-state index in [1.165, 1.54) is 4.90 Å². The molecule has 0 aromatic heterocycles. The largest absolute Gasteiger partial charge is 0.483 e. The molecule has 0 aliphatic rings. The molecule has 0 saturated heterocycles. The Balaban J connectivity index is 2.74. The molecule has 0 spiro atoms. The van der Waals surface area contributed by atoms with Crippen molar-refractivity contribution in [1.29, 1.82) is 0 Å². The van der Waals surface area contributed by atoms with Crippen LogP contribution in [-0.2, 0) is 11.4 Å². The minimum absolute atomic E-state index is 0.0691. The molecule has 0 atom stereocenters. The summed E-state index contributed by atoms with van der Waals surface area (Å²) in [7, 11) is 3.30. The number of hydrogen-bond acceptors (Lipinski definition) is 3. The van der Waals surface area contributed by atoms with Crippen LogP contribution in [-0.4, -0.2) is 36.6 Å².